The first-order chi connectivity index (χ1) is 16.1. The van der Waals surface area contributed by atoms with Crippen molar-refractivity contribution in [2.45, 2.75) is 47.3 Å². The van der Waals surface area contributed by atoms with Gasteiger partial charge in [0.1, 0.15) is 16.3 Å². The summed E-state index contributed by atoms with van der Waals surface area (Å²) in [7, 11) is 0. The molecule has 0 aliphatic rings. The fourth-order valence-corrected chi connectivity index (χ4v) is 4.13. The number of thiophene rings is 1. The fraction of sp³-hybridized carbons (Fsp3) is 0.375. The Morgan fingerprint density at radius 3 is 2.38 bits per heavy atom. The second kappa shape index (κ2) is 10.6. The summed E-state index contributed by atoms with van der Waals surface area (Å²) in [6.07, 6.45) is 1.05. The lowest BCUT2D eigenvalue weighted by Crippen LogP contribution is -2.28. The van der Waals surface area contributed by atoms with Gasteiger partial charge in [-0.2, -0.15) is 0 Å². The molecule has 0 unspecified atom stereocenters. The Hall–Kier alpha value is -3.53. The number of ether oxygens (including phenoxy) is 2. The third kappa shape index (κ3) is 5.88. The van der Waals surface area contributed by atoms with Crippen molar-refractivity contribution in [2.24, 2.45) is 5.92 Å². The maximum Gasteiger partial charge on any atom is 0.348 e. The summed E-state index contributed by atoms with van der Waals surface area (Å²) in [6.45, 7) is 9.09. The highest BCUT2D eigenvalue weighted by Crippen LogP contribution is 2.27. The zero-order valence-electron chi connectivity index (χ0n) is 19.7. The number of nitrogens with one attached hydrogen (secondary N) is 1. The lowest BCUT2D eigenvalue weighted by molar-refractivity contribution is -0.116. The smallest absolute Gasteiger partial charge is 0.348 e. The zero-order valence-corrected chi connectivity index (χ0v) is 20.5. The van der Waals surface area contributed by atoms with Crippen LogP contribution in [-0.4, -0.2) is 40.1 Å². The quantitative estimate of drug-likeness (QED) is 0.483. The molecule has 1 N–H and O–H groups in total. The van der Waals surface area contributed by atoms with Gasteiger partial charge < -0.3 is 14.8 Å². The molecule has 10 heteroatoms. The van der Waals surface area contributed by atoms with Gasteiger partial charge in [0, 0.05) is 5.69 Å². The number of carbonyl (C=O) groups excluding carboxylic acids is 3. The van der Waals surface area contributed by atoms with Gasteiger partial charge >= 0.3 is 11.9 Å². The molecule has 0 saturated heterocycles. The number of aryl methyl sites for hydroxylation is 1. The highest BCUT2D eigenvalue weighted by Gasteiger charge is 2.21. The van der Waals surface area contributed by atoms with Crippen LogP contribution in [0.1, 0.15) is 53.3 Å². The lowest BCUT2D eigenvalue weighted by Gasteiger charge is -2.10. The Labute approximate surface area is 200 Å². The van der Waals surface area contributed by atoms with E-state index in [-0.39, 0.29) is 25.2 Å². The predicted molar refractivity (Wildman–Crippen MR) is 129 cm³/mol. The molecule has 1 aromatic carbocycles. The SMILES string of the molecule is Cc1c(C(=O)OCC(C)C)sc2ncn(CC(=O)Nc3ccc(C(=O)OC(C)C)cc3)c(=O)c12. The van der Waals surface area contributed by atoms with Gasteiger partial charge in [-0.15, -0.1) is 11.3 Å². The standard InChI is InChI=1S/C24H27N3O6S/c1-13(2)11-32-24(31)20-15(5)19-21(34-20)25-12-27(22(19)29)10-18(28)26-17-8-6-16(7-9-17)23(30)33-14(3)4/h6-9,12-14H,10-11H2,1-5H3,(H,26,28). The molecule has 3 aromatic rings. The monoisotopic (exact) mass is 485 g/mol. The van der Waals surface area contributed by atoms with Gasteiger partial charge in [0.25, 0.3) is 5.56 Å². The summed E-state index contributed by atoms with van der Waals surface area (Å²) in [5.41, 5.74) is 0.914. The van der Waals surface area contributed by atoms with E-state index >= 15 is 0 Å². The first kappa shape index (κ1) is 25.1. The van der Waals surface area contributed by atoms with Crippen LogP contribution in [0.3, 0.4) is 0 Å². The van der Waals surface area contributed by atoms with Crippen molar-refractivity contribution < 1.29 is 23.9 Å². The van der Waals surface area contributed by atoms with Crippen molar-refractivity contribution in [2.75, 3.05) is 11.9 Å². The number of benzene rings is 1. The van der Waals surface area contributed by atoms with E-state index in [4.69, 9.17) is 9.47 Å². The van der Waals surface area contributed by atoms with Crippen molar-refractivity contribution in [1.82, 2.24) is 9.55 Å². The summed E-state index contributed by atoms with van der Waals surface area (Å²) in [6, 6.07) is 6.26. The Bertz CT molecular complexity index is 1270. The van der Waals surface area contributed by atoms with E-state index in [1.165, 1.54) is 10.9 Å². The molecule has 1 amide bonds. The molecule has 0 bridgehead atoms. The number of esters is 2. The van der Waals surface area contributed by atoms with E-state index in [2.05, 4.69) is 10.3 Å². The highest BCUT2D eigenvalue weighted by atomic mass is 32.1. The predicted octanol–water partition coefficient (Wildman–Crippen LogP) is 3.78. The molecule has 9 nitrogen and oxygen atoms in total. The first-order valence-corrected chi connectivity index (χ1v) is 11.6. The molecule has 2 aromatic heterocycles. The minimum absolute atomic E-state index is 0.192. The lowest BCUT2D eigenvalue weighted by atomic mass is 10.2. The van der Waals surface area contributed by atoms with Gasteiger partial charge in [-0.25, -0.2) is 14.6 Å². The van der Waals surface area contributed by atoms with Crippen molar-refractivity contribution in [3.63, 3.8) is 0 Å². The van der Waals surface area contributed by atoms with E-state index < -0.39 is 23.4 Å². The highest BCUT2D eigenvalue weighted by molar-refractivity contribution is 7.20. The van der Waals surface area contributed by atoms with Crippen LogP contribution in [-0.2, 0) is 20.8 Å². The minimum Gasteiger partial charge on any atom is -0.461 e. The molecular formula is C24H27N3O6S. The number of amides is 1. The Morgan fingerprint density at radius 2 is 1.76 bits per heavy atom. The van der Waals surface area contributed by atoms with Crippen LogP contribution in [0, 0.1) is 12.8 Å². The molecule has 3 rings (SSSR count). The number of fused-ring (bicyclic) bond motifs is 1. The van der Waals surface area contributed by atoms with E-state index in [1.807, 2.05) is 13.8 Å². The summed E-state index contributed by atoms with van der Waals surface area (Å²) >= 11 is 1.10. The molecule has 0 atom stereocenters. The van der Waals surface area contributed by atoms with Crippen molar-refractivity contribution in [3.8, 4) is 0 Å². The molecule has 0 saturated carbocycles. The number of nitrogens with zero attached hydrogens (tertiary/aromatic N) is 2. The number of rotatable bonds is 8. The van der Waals surface area contributed by atoms with Crippen LogP contribution >= 0.6 is 11.3 Å². The third-order valence-corrected chi connectivity index (χ3v) is 5.89. The van der Waals surface area contributed by atoms with Gasteiger partial charge in [0.2, 0.25) is 5.91 Å². The molecule has 0 radical (unpaired) electrons. The largest absolute Gasteiger partial charge is 0.461 e. The second-order valence-corrected chi connectivity index (χ2v) is 9.48. The van der Waals surface area contributed by atoms with Crippen LogP contribution in [0.25, 0.3) is 10.2 Å². The van der Waals surface area contributed by atoms with Crippen molar-refractivity contribution in [1.29, 1.82) is 0 Å². The molecule has 0 aliphatic heterocycles. The van der Waals surface area contributed by atoms with Crippen LogP contribution in [0.5, 0.6) is 0 Å². The van der Waals surface area contributed by atoms with E-state index in [1.54, 1.807) is 45.0 Å². The number of anilines is 1. The molecule has 0 aliphatic carbocycles. The Morgan fingerprint density at radius 1 is 1.09 bits per heavy atom. The van der Waals surface area contributed by atoms with Crippen LogP contribution < -0.4 is 10.9 Å². The van der Waals surface area contributed by atoms with Crippen LogP contribution in [0.15, 0.2) is 35.4 Å². The van der Waals surface area contributed by atoms with Crippen LogP contribution in [0.4, 0.5) is 5.69 Å². The topological polar surface area (TPSA) is 117 Å². The second-order valence-electron chi connectivity index (χ2n) is 8.49. The van der Waals surface area contributed by atoms with Crippen molar-refractivity contribution in [3.05, 3.63) is 57.0 Å². The molecule has 0 spiro atoms. The Balaban J connectivity index is 1.73. The van der Waals surface area contributed by atoms with Gasteiger partial charge in [-0.3, -0.25) is 14.2 Å². The summed E-state index contributed by atoms with van der Waals surface area (Å²) in [5, 5.41) is 2.98. The average Bonchev–Trinajstić information content (AvgIpc) is 3.11. The number of carbonyl (C=O) groups is 3. The maximum absolute atomic E-state index is 13.0. The average molecular weight is 486 g/mol. The number of hydrogen-bond donors (Lipinski definition) is 1. The van der Waals surface area contributed by atoms with Crippen molar-refractivity contribution >= 4 is 45.1 Å². The summed E-state index contributed by atoms with van der Waals surface area (Å²) < 4.78 is 11.6. The third-order valence-electron chi connectivity index (χ3n) is 4.71. The summed E-state index contributed by atoms with van der Waals surface area (Å²) in [4.78, 5) is 54.8. The van der Waals surface area contributed by atoms with Gasteiger partial charge in [-0.1, -0.05) is 13.8 Å². The molecule has 34 heavy (non-hydrogen) atoms. The minimum atomic E-state index is -0.487. The molecule has 180 valence electrons. The number of aromatic nitrogens is 2. The van der Waals surface area contributed by atoms with E-state index in [9.17, 15) is 19.2 Å². The summed E-state index contributed by atoms with van der Waals surface area (Å²) in [5.74, 6) is -1.18. The Kier molecular flexibility index (Phi) is 7.83. The zero-order chi connectivity index (χ0) is 25.0. The van der Waals surface area contributed by atoms with E-state index in [0.29, 0.717) is 31.9 Å². The first-order valence-electron chi connectivity index (χ1n) is 10.8. The van der Waals surface area contributed by atoms with Gasteiger partial charge in [0.15, 0.2) is 0 Å². The molecular weight excluding hydrogens is 458 g/mol. The molecule has 2 heterocycles. The van der Waals surface area contributed by atoms with Gasteiger partial charge in [0.05, 0.1) is 30.0 Å². The fourth-order valence-electron chi connectivity index (χ4n) is 3.10. The molecule has 0 fully saturated rings. The van der Waals surface area contributed by atoms with E-state index in [0.717, 1.165) is 11.3 Å². The van der Waals surface area contributed by atoms with Gasteiger partial charge in [-0.05, 0) is 56.5 Å². The van der Waals surface area contributed by atoms with Crippen LogP contribution in [0.2, 0.25) is 0 Å². The maximum atomic E-state index is 13.0. The normalized spacial score (nSPS) is 11.1. The number of hydrogen-bond acceptors (Lipinski definition) is 8.